The van der Waals surface area contributed by atoms with Crippen LogP contribution in [0.15, 0.2) is 73.1 Å². The highest BCUT2D eigenvalue weighted by atomic mass is 35.5. The maximum atomic E-state index is 14.7. The third kappa shape index (κ3) is 8.16. The first kappa shape index (κ1) is 33.1. The number of fused-ring (bicyclic) bond motifs is 3. The SMILES string of the molecule is [2H]C([2H])([2H])Oc1cc([C@H](Cc2c(Cl)c[n+]([O-])cc2Cl)c2c(CN(C(=O)O[C@H]3CN4CCC3CC4)c3cccc(F)c3)cccc2C(=O)O)ccc1OC(F)F. The van der Waals surface area contributed by atoms with Crippen molar-refractivity contribution in [3.8, 4) is 11.5 Å². The number of rotatable bonds is 12. The molecule has 2 atom stereocenters. The topological polar surface area (TPSA) is 115 Å². The molecular weight excluding hydrogens is 726 g/mol. The number of methoxy groups -OCH3 is 1. The third-order valence-corrected chi connectivity index (χ3v) is 10.1. The van der Waals surface area contributed by atoms with E-state index in [-0.39, 0.29) is 62.4 Å². The molecular formula is C37H34Cl2F3N3O7. The predicted octanol–water partition coefficient (Wildman–Crippen LogP) is 7.69. The van der Waals surface area contributed by atoms with Crippen molar-refractivity contribution in [3.63, 3.8) is 0 Å². The molecule has 3 saturated heterocycles. The second-order valence-corrected chi connectivity index (χ2v) is 13.4. The maximum Gasteiger partial charge on any atom is 0.414 e. The summed E-state index contributed by atoms with van der Waals surface area (Å²) in [6, 6.07) is 13.0. The molecule has 3 aliphatic rings. The first-order valence-corrected chi connectivity index (χ1v) is 17.0. The summed E-state index contributed by atoms with van der Waals surface area (Å²) >= 11 is 13.0. The fourth-order valence-electron chi connectivity index (χ4n) is 6.99. The number of aromatic nitrogens is 1. The number of carboxylic acids is 1. The monoisotopic (exact) mass is 762 g/mol. The van der Waals surface area contributed by atoms with Crippen LogP contribution in [0, 0.1) is 16.9 Å². The molecule has 7 rings (SSSR count). The summed E-state index contributed by atoms with van der Waals surface area (Å²) in [4.78, 5) is 30.5. The van der Waals surface area contributed by atoms with Crippen LogP contribution in [0.5, 0.6) is 11.5 Å². The molecule has 0 radical (unpaired) electrons. The van der Waals surface area contributed by atoms with Crippen molar-refractivity contribution >= 4 is 41.0 Å². The summed E-state index contributed by atoms with van der Waals surface area (Å²) in [6.07, 6.45) is 2.28. The fourth-order valence-corrected chi connectivity index (χ4v) is 7.59. The molecule has 2 bridgehead atoms. The Morgan fingerprint density at radius 3 is 2.44 bits per heavy atom. The summed E-state index contributed by atoms with van der Waals surface area (Å²) in [5.74, 6) is -4.28. The number of aromatic carboxylic acids is 1. The second-order valence-electron chi connectivity index (χ2n) is 12.5. The van der Waals surface area contributed by atoms with Gasteiger partial charge in [0.1, 0.15) is 22.0 Å². The van der Waals surface area contributed by atoms with Crippen molar-refractivity contribution in [2.45, 2.75) is 44.4 Å². The number of benzene rings is 3. The summed E-state index contributed by atoms with van der Waals surface area (Å²) in [6.45, 7) is -1.40. The maximum absolute atomic E-state index is 14.7. The zero-order chi connectivity index (χ0) is 39.6. The van der Waals surface area contributed by atoms with Crippen molar-refractivity contribution in [2.75, 3.05) is 31.6 Å². The average molecular weight is 764 g/mol. The van der Waals surface area contributed by atoms with E-state index < -0.39 is 55.1 Å². The normalized spacial score (nSPS) is 19.7. The Kier molecular flexibility index (Phi) is 10.1. The molecule has 10 nitrogen and oxygen atoms in total. The first-order chi connectivity index (χ1) is 26.1. The van der Waals surface area contributed by atoms with E-state index in [2.05, 4.69) is 9.64 Å². The van der Waals surface area contributed by atoms with Crippen LogP contribution in [0.25, 0.3) is 0 Å². The molecule has 0 spiro atoms. The number of hydrogen-bond acceptors (Lipinski definition) is 7. The van der Waals surface area contributed by atoms with E-state index in [0.717, 1.165) is 56.5 Å². The standard InChI is InChI=1S/C37H34Cl2F3N3O7/c1-50-32-14-22(8-9-31(32)51-36(41)42)27(16-28-29(38)18-44(49)19-30(28)39)34-23(4-2-7-26(34)35(46)47)17-45(25-6-3-5-24(40)15-25)37(48)52-33-20-43-12-10-21(33)11-13-43/h2-9,14-15,18-19,21,27,33,36H,10-13,16-17,20H2,1H3,(H,46,47)/t27-,33-/m0/s1/i1D3. The number of pyridine rings is 1. The minimum atomic E-state index is -3.35. The lowest BCUT2D eigenvalue weighted by Gasteiger charge is -2.44. The number of nitrogens with zero attached hydrogens (tertiary/aromatic N) is 3. The van der Waals surface area contributed by atoms with Crippen LogP contribution in [0.3, 0.4) is 0 Å². The number of alkyl halides is 2. The molecule has 3 fully saturated rings. The van der Waals surface area contributed by atoms with Gasteiger partial charge in [-0.2, -0.15) is 13.5 Å². The third-order valence-electron chi connectivity index (χ3n) is 9.45. The summed E-state index contributed by atoms with van der Waals surface area (Å²) < 4.78 is 80.5. The van der Waals surface area contributed by atoms with Crippen LogP contribution in [0.2, 0.25) is 10.0 Å². The largest absolute Gasteiger partial charge is 0.619 e. The number of amides is 1. The molecule has 0 aliphatic carbocycles. The highest BCUT2D eigenvalue weighted by Crippen LogP contribution is 2.41. The van der Waals surface area contributed by atoms with Gasteiger partial charge in [-0.05, 0) is 91.4 Å². The molecule has 274 valence electrons. The van der Waals surface area contributed by atoms with Gasteiger partial charge in [-0.15, -0.1) is 0 Å². The number of piperidine rings is 3. The molecule has 4 heterocycles. The van der Waals surface area contributed by atoms with Gasteiger partial charge in [0.2, 0.25) is 0 Å². The number of carbonyl (C=O) groups excluding carboxylic acids is 1. The van der Waals surface area contributed by atoms with Crippen molar-refractivity contribution in [1.82, 2.24) is 4.90 Å². The highest BCUT2D eigenvalue weighted by molar-refractivity contribution is 6.35. The van der Waals surface area contributed by atoms with Gasteiger partial charge in [0, 0.05) is 18.0 Å². The zero-order valence-corrected chi connectivity index (χ0v) is 28.8. The number of ether oxygens (including phenoxy) is 3. The van der Waals surface area contributed by atoms with Crippen molar-refractivity contribution < 1.29 is 50.9 Å². The number of halogens is 5. The van der Waals surface area contributed by atoms with E-state index >= 15 is 0 Å². The number of carboxylic acid groups (broad SMARTS) is 1. The number of hydrogen-bond donors (Lipinski definition) is 1. The lowest BCUT2D eigenvalue weighted by Crippen LogP contribution is -2.53. The first-order valence-electron chi connectivity index (χ1n) is 17.7. The fraction of sp³-hybridized carbons (Fsp3) is 0.324. The van der Waals surface area contributed by atoms with E-state index in [9.17, 15) is 33.1 Å². The highest BCUT2D eigenvalue weighted by Gasteiger charge is 2.38. The van der Waals surface area contributed by atoms with Crippen LogP contribution in [0.1, 0.15) is 55.5 Å². The molecule has 3 aliphatic heterocycles. The van der Waals surface area contributed by atoms with Crippen LogP contribution in [-0.4, -0.2) is 61.5 Å². The van der Waals surface area contributed by atoms with Gasteiger partial charge in [0.15, 0.2) is 23.9 Å². The Morgan fingerprint density at radius 2 is 1.81 bits per heavy atom. The molecule has 1 N–H and O–H groups in total. The van der Waals surface area contributed by atoms with Crippen LogP contribution in [-0.2, 0) is 17.7 Å². The van der Waals surface area contributed by atoms with Crippen LogP contribution >= 0.6 is 23.2 Å². The molecule has 4 aromatic rings. The van der Waals surface area contributed by atoms with Gasteiger partial charge in [-0.1, -0.05) is 47.5 Å². The Morgan fingerprint density at radius 1 is 1.08 bits per heavy atom. The second kappa shape index (κ2) is 15.9. The van der Waals surface area contributed by atoms with Crippen molar-refractivity contribution in [1.29, 1.82) is 0 Å². The Bertz CT molecular complexity index is 2050. The summed E-state index contributed by atoms with van der Waals surface area (Å²) in [5, 5.41) is 22.5. The van der Waals surface area contributed by atoms with Gasteiger partial charge in [0.25, 0.3) is 0 Å². The Labute approximate surface area is 311 Å². The minimum absolute atomic E-state index is 0.0698. The Hall–Kier alpha value is -4.72. The molecule has 15 heteroatoms. The van der Waals surface area contributed by atoms with E-state index in [0.29, 0.717) is 11.3 Å². The lowest BCUT2D eigenvalue weighted by molar-refractivity contribution is -0.605. The van der Waals surface area contributed by atoms with Gasteiger partial charge < -0.3 is 24.5 Å². The summed E-state index contributed by atoms with van der Waals surface area (Å²) in [5.41, 5.74) is 0.468. The minimum Gasteiger partial charge on any atom is -0.619 e. The Balaban J connectivity index is 1.52. The van der Waals surface area contributed by atoms with Crippen LogP contribution < -0.4 is 19.1 Å². The molecule has 0 unspecified atom stereocenters. The van der Waals surface area contributed by atoms with Crippen LogP contribution in [0.4, 0.5) is 23.7 Å². The zero-order valence-electron chi connectivity index (χ0n) is 30.3. The number of carbonyl (C=O) groups is 2. The van der Waals surface area contributed by atoms with Crippen molar-refractivity contribution in [3.05, 3.63) is 122 Å². The quantitative estimate of drug-likeness (QED) is 0.116. The van der Waals surface area contributed by atoms with E-state index in [4.69, 9.17) is 36.8 Å². The van der Waals surface area contributed by atoms with Crippen molar-refractivity contribution in [2.24, 2.45) is 5.92 Å². The average Bonchev–Trinajstić information content (AvgIpc) is 3.11. The van der Waals surface area contributed by atoms with Gasteiger partial charge >= 0.3 is 18.7 Å². The molecule has 3 aromatic carbocycles. The molecule has 1 amide bonds. The van der Waals surface area contributed by atoms with E-state index in [1.807, 2.05) is 0 Å². The van der Waals surface area contributed by atoms with Gasteiger partial charge in [-0.3, -0.25) is 9.80 Å². The predicted molar refractivity (Wildman–Crippen MR) is 186 cm³/mol. The molecule has 0 saturated carbocycles. The lowest BCUT2D eigenvalue weighted by atomic mass is 9.80. The molecule has 1 aromatic heterocycles. The smallest absolute Gasteiger partial charge is 0.414 e. The van der Waals surface area contributed by atoms with E-state index in [1.165, 1.54) is 41.3 Å². The van der Waals surface area contributed by atoms with E-state index in [1.54, 1.807) is 6.07 Å². The van der Waals surface area contributed by atoms with Gasteiger partial charge in [0.05, 0.1) is 28.9 Å². The molecule has 52 heavy (non-hydrogen) atoms. The number of anilines is 1. The van der Waals surface area contributed by atoms with Gasteiger partial charge in [-0.25, -0.2) is 14.0 Å². The summed E-state index contributed by atoms with van der Waals surface area (Å²) in [7, 11) is -3.12.